The summed E-state index contributed by atoms with van der Waals surface area (Å²) < 4.78 is 17.1. The number of urea groups is 1. The number of anilines is 2. The summed E-state index contributed by atoms with van der Waals surface area (Å²) in [6.07, 6.45) is 4.93. The van der Waals surface area contributed by atoms with Crippen molar-refractivity contribution in [1.29, 1.82) is 0 Å². The number of hydrogen-bond donors (Lipinski definition) is 4. The lowest BCUT2D eigenvalue weighted by Gasteiger charge is -2.29. The number of aromatic nitrogens is 1. The molecule has 0 aliphatic heterocycles. The van der Waals surface area contributed by atoms with E-state index in [9.17, 15) is 19.5 Å². The van der Waals surface area contributed by atoms with E-state index in [0.717, 1.165) is 37.2 Å². The number of pyridine rings is 1. The molecule has 0 radical (unpaired) electrons. The Morgan fingerprint density at radius 3 is 2.18 bits per heavy atom. The summed E-state index contributed by atoms with van der Waals surface area (Å²) in [6, 6.07) is 24.0. The number of carboxylic acid groups (broad SMARTS) is 1. The van der Waals surface area contributed by atoms with Gasteiger partial charge in [-0.2, -0.15) is 0 Å². The third-order valence-corrected chi connectivity index (χ3v) is 7.30. The number of rotatable bonds is 11. The maximum atomic E-state index is 12.4. The number of amides is 3. The molecule has 0 saturated heterocycles. The molecule has 5 rings (SSSR count). The summed E-state index contributed by atoms with van der Waals surface area (Å²) in [5.74, 6) is 0.948. The van der Waals surface area contributed by atoms with E-state index >= 15 is 0 Å². The molecule has 0 bridgehead atoms. The van der Waals surface area contributed by atoms with Crippen LogP contribution in [0, 0.1) is 0 Å². The molecule has 1 aromatic heterocycles. The van der Waals surface area contributed by atoms with Gasteiger partial charge in [0, 0.05) is 24.0 Å². The molecule has 1 heterocycles. The zero-order valence-electron chi connectivity index (χ0n) is 24.7. The molecular weight excluding hydrogens is 576 g/mol. The second-order valence-corrected chi connectivity index (χ2v) is 10.6. The fraction of sp³-hybridized carbons (Fsp3) is 0.235. The number of benzene rings is 3. The number of hydrogen-bond acceptors (Lipinski definition) is 7. The van der Waals surface area contributed by atoms with Gasteiger partial charge in [-0.05, 0) is 91.9 Å². The third-order valence-electron chi connectivity index (χ3n) is 7.30. The van der Waals surface area contributed by atoms with Gasteiger partial charge in [-0.3, -0.25) is 4.79 Å². The predicted octanol–water partition coefficient (Wildman–Crippen LogP) is 6.27. The summed E-state index contributed by atoms with van der Waals surface area (Å²) in [7, 11) is 1.60. The van der Waals surface area contributed by atoms with E-state index in [0.29, 0.717) is 22.9 Å². The number of nitrogens with zero attached hydrogens (tertiary/aromatic N) is 1. The summed E-state index contributed by atoms with van der Waals surface area (Å²) in [4.78, 5) is 40.5. The number of carboxylic acids is 1. The molecule has 1 saturated carbocycles. The van der Waals surface area contributed by atoms with Crippen LogP contribution in [0.3, 0.4) is 0 Å². The molecule has 3 aromatic carbocycles. The molecule has 1 fully saturated rings. The van der Waals surface area contributed by atoms with Crippen LogP contribution in [0.5, 0.6) is 23.1 Å². The molecule has 0 unspecified atom stereocenters. The lowest BCUT2D eigenvalue weighted by atomic mass is 9.93. The normalized spacial score (nSPS) is 15.8. The highest BCUT2D eigenvalue weighted by Gasteiger charge is 2.24. The Morgan fingerprint density at radius 2 is 1.51 bits per heavy atom. The van der Waals surface area contributed by atoms with Crippen molar-refractivity contribution in [1.82, 2.24) is 10.3 Å². The SMILES string of the molecule is COc1ccc(NC(=O)NC2CCC(Oc3ccc(Oc4ccc(CC(=O)Nc5ccccc5C(=O)O)cn4)cc3)CC2)cc1. The average Bonchev–Trinajstić information content (AvgIpc) is 3.04. The standard InChI is InChI=1S/C34H34N4O7/c1-43-25-11-7-23(8-12-25)36-34(42)37-24-9-13-26(14-10-24)44-27-15-17-28(18-16-27)45-32-19-6-22(21-35-32)20-31(39)38-30-5-3-2-4-29(30)33(40)41/h2-8,11-12,15-19,21,24,26H,9-10,13-14,20H2,1H3,(H,38,39)(H,40,41)(H2,36,37,42). The van der Waals surface area contributed by atoms with Crippen molar-refractivity contribution in [2.24, 2.45) is 0 Å². The van der Waals surface area contributed by atoms with Crippen LogP contribution in [0.1, 0.15) is 41.6 Å². The fourth-order valence-electron chi connectivity index (χ4n) is 4.99. The van der Waals surface area contributed by atoms with Crippen molar-refractivity contribution in [3.8, 4) is 23.1 Å². The predicted molar refractivity (Wildman–Crippen MR) is 168 cm³/mol. The minimum atomic E-state index is -1.11. The lowest BCUT2D eigenvalue weighted by Crippen LogP contribution is -2.41. The van der Waals surface area contributed by atoms with Crippen LogP contribution in [0.4, 0.5) is 16.2 Å². The van der Waals surface area contributed by atoms with Crippen LogP contribution < -0.4 is 30.2 Å². The zero-order valence-corrected chi connectivity index (χ0v) is 24.7. The highest BCUT2D eigenvalue weighted by molar-refractivity contribution is 6.01. The van der Waals surface area contributed by atoms with Gasteiger partial charge in [0.2, 0.25) is 11.8 Å². The van der Waals surface area contributed by atoms with Crippen molar-refractivity contribution in [2.75, 3.05) is 17.7 Å². The summed E-state index contributed by atoms with van der Waals surface area (Å²) >= 11 is 0. The van der Waals surface area contributed by atoms with Crippen molar-refractivity contribution >= 4 is 29.3 Å². The largest absolute Gasteiger partial charge is 0.497 e. The summed E-state index contributed by atoms with van der Waals surface area (Å²) in [5, 5.41) is 17.8. The van der Waals surface area contributed by atoms with Gasteiger partial charge in [-0.15, -0.1) is 0 Å². The zero-order chi connectivity index (χ0) is 31.6. The first kappa shape index (κ1) is 30.9. The number of ether oxygens (including phenoxy) is 3. The van der Waals surface area contributed by atoms with Crippen LogP contribution in [-0.4, -0.2) is 47.3 Å². The average molecular weight is 611 g/mol. The van der Waals surface area contributed by atoms with E-state index < -0.39 is 5.97 Å². The van der Waals surface area contributed by atoms with E-state index in [4.69, 9.17) is 14.2 Å². The quantitative estimate of drug-likeness (QED) is 0.155. The Labute approximate surface area is 260 Å². The van der Waals surface area contributed by atoms with E-state index in [1.54, 1.807) is 80.0 Å². The molecule has 45 heavy (non-hydrogen) atoms. The van der Waals surface area contributed by atoms with Crippen molar-refractivity contribution < 1.29 is 33.7 Å². The van der Waals surface area contributed by atoms with Crippen LogP contribution in [0.25, 0.3) is 0 Å². The molecule has 11 heteroatoms. The minimum Gasteiger partial charge on any atom is -0.497 e. The number of methoxy groups -OCH3 is 1. The van der Waals surface area contributed by atoms with Crippen LogP contribution in [-0.2, 0) is 11.2 Å². The van der Waals surface area contributed by atoms with Gasteiger partial charge in [0.1, 0.15) is 17.2 Å². The Balaban J connectivity index is 1.03. The molecule has 1 aliphatic rings. The Bertz CT molecular complexity index is 1600. The van der Waals surface area contributed by atoms with Crippen LogP contribution in [0.2, 0.25) is 0 Å². The molecule has 232 valence electrons. The Kier molecular flexibility index (Phi) is 10.1. The number of nitrogens with one attached hydrogen (secondary N) is 3. The van der Waals surface area contributed by atoms with E-state index in [-0.39, 0.29) is 41.8 Å². The molecule has 4 N–H and O–H groups in total. The minimum absolute atomic E-state index is 0.0248. The maximum absolute atomic E-state index is 12.4. The second kappa shape index (κ2) is 14.7. The molecule has 11 nitrogen and oxygen atoms in total. The van der Waals surface area contributed by atoms with Crippen LogP contribution >= 0.6 is 0 Å². The smallest absolute Gasteiger partial charge is 0.337 e. The van der Waals surface area contributed by atoms with Gasteiger partial charge in [0.05, 0.1) is 30.9 Å². The topological polar surface area (TPSA) is 148 Å². The highest BCUT2D eigenvalue weighted by atomic mass is 16.5. The van der Waals surface area contributed by atoms with Crippen molar-refractivity contribution in [3.63, 3.8) is 0 Å². The van der Waals surface area contributed by atoms with Gasteiger partial charge in [0.15, 0.2) is 0 Å². The first-order valence-corrected chi connectivity index (χ1v) is 14.6. The second-order valence-electron chi connectivity index (χ2n) is 10.6. The van der Waals surface area contributed by atoms with E-state index in [2.05, 4.69) is 20.9 Å². The number of carbonyl (C=O) groups excluding carboxylic acids is 2. The molecule has 0 atom stereocenters. The van der Waals surface area contributed by atoms with Gasteiger partial charge < -0.3 is 35.3 Å². The molecule has 4 aromatic rings. The lowest BCUT2D eigenvalue weighted by molar-refractivity contribution is -0.115. The molecular formula is C34H34N4O7. The number of carbonyl (C=O) groups is 3. The summed E-state index contributed by atoms with van der Waals surface area (Å²) in [6.45, 7) is 0. The molecule has 0 spiro atoms. The number of aromatic carboxylic acids is 1. The van der Waals surface area contributed by atoms with Gasteiger partial charge in [0.25, 0.3) is 0 Å². The van der Waals surface area contributed by atoms with Gasteiger partial charge >= 0.3 is 12.0 Å². The van der Waals surface area contributed by atoms with Crippen molar-refractivity contribution in [2.45, 2.75) is 44.2 Å². The Hall–Kier alpha value is -5.58. The van der Waals surface area contributed by atoms with E-state index in [1.807, 2.05) is 12.1 Å². The van der Waals surface area contributed by atoms with Crippen molar-refractivity contribution in [3.05, 3.63) is 102 Å². The Morgan fingerprint density at radius 1 is 0.822 bits per heavy atom. The van der Waals surface area contributed by atoms with E-state index in [1.165, 1.54) is 6.07 Å². The summed E-state index contributed by atoms with van der Waals surface area (Å²) in [5.41, 5.74) is 1.62. The third kappa shape index (κ3) is 8.96. The molecule has 1 aliphatic carbocycles. The van der Waals surface area contributed by atoms with Gasteiger partial charge in [-0.1, -0.05) is 18.2 Å². The maximum Gasteiger partial charge on any atom is 0.337 e. The first-order valence-electron chi connectivity index (χ1n) is 14.6. The number of para-hydroxylation sites is 1. The monoisotopic (exact) mass is 610 g/mol. The first-order chi connectivity index (χ1) is 21.8. The van der Waals surface area contributed by atoms with Crippen LogP contribution in [0.15, 0.2) is 91.1 Å². The van der Waals surface area contributed by atoms with Gasteiger partial charge in [-0.25, -0.2) is 14.6 Å². The highest BCUT2D eigenvalue weighted by Crippen LogP contribution is 2.27. The fourth-order valence-corrected chi connectivity index (χ4v) is 4.99. The molecule has 3 amide bonds.